The third kappa shape index (κ3) is 4.86. The molecule has 1 amide bonds. The molecular formula is C23H24N2O5. The lowest BCUT2D eigenvalue weighted by atomic mass is 10.1. The number of carbonyl (C=O) groups is 2. The molecule has 3 aromatic rings. The van der Waals surface area contributed by atoms with Gasteiger partial charge in [-0.15, -0.1) is 0 Å². The molecule has 0 bridgehead atoms. The summed E-state index contributed by atoms with van der Waals surface area (Å²) in [5.74, 6) is -0.176. The quantitative estimate of drug-likeness (QED) is 0.571. The fraction of sp³-hybridized carbons (Fsp3) is 0.261. The first kappa shape index (κ1) is 21.1. The number of benzene rings is 2. The number of ether oxygens (including phenoxy) is 2. The zero-order chi connectivity index (χ0) is 21.7. The SMILES string of the molecule is CCC(C)OC(=O)CNC(=O)c1nc(C)c2cc(Oc3ccccc3)ccc2c1O. The number of pyridine rings is 1. The molecule has 0 radical (unpaired) electrons. The summed E-state index contributed by atoms with van der Waals surface area (Å²) in [5, 5.41) is 14.2. The van der Waals surface area contributed by atoms with Crippen LogP contribution in [-0.4, -0.2) is 34.6 Å². The van der Waals surface area contributed by atoms with Crippen molar-refractivity contribution >= 4 is 22.6 Å². The number of fused-ring (bicyclic) bond motifs is 1. The molecule has 1 atom stereocenters. The minimum Gasteiger partial charge on any atom is -0.505 e. The molecule has 1 unspecified atom stereocenters. The molecule has 7 heteroatoms. The third-order valence-electron chi connectivity index (χ3n) is 4.63. The van der Waals surface area contributed by atoms with Gasteiger partial charge in [0.05, 0.1) is 6.10 Å². The molecule has 1 heterocycles. The zero-order valence-corrected chi connectivity index (χ0v) is 17.1. The molecule has 30 heavy (non-hydrogen) atoms. The highest BCUT2D eigenvalue weighted by molar-refractivity contribution is 6.03. The highest BCUT2D eigenvalue weighted by Crippen LogP contribution is 2.33. The monoisotopic (exact) mass is 408 g/mol. The average molecular weight is 408 g/mol. The number of aromatic hydroxyl groups is 1. The molecule has 2 aromatic carbocycles. The maximum Gasteiger partial charge on any atom is 0.325 e. The van der Waals surface area contributed by atoms with Crippen LogP contribution in [0.3, 0.4) is 0 Å². The van der Waals surface area contributed by atoms with Crippen molar-refractivity contribution in [2.45, 2.75) is 33.3 Å². The minimum absolute atomic E-state index is 0.145. The normalized spacial score (nSPS) is 11.7. The van der Waals surface area contributed by atoms with Crippen molar-refractivity contribution in [2.75, 3.05) is 6.54 Å². The second-order valence-corrected chi connectivity index (χ2v) is 6.91. The van der Waals surface area contributed by atoms with E-state index in [4.69, 9.17) is 9.47 Å². The van der Waals surface area contributed by atoms with E-state index in [9.17, 15) is 14.7 Å². The Kier molecular flexibility index (Phi) is 6.51. The van der Waals surface area contributed by atoms with E-state index in [0.29, 0.717) is 34.4 Å². The van der Waals surface area contributed by atoms with Crippen molar-refractivity contribution in [3.8, 4) is 17.2 Å². The zero-order valence-electron chi connectivity index (χ0n) is 17.1. The molecular weight excluding hydrogens is 384 g/mol. The van der Waals surface area contributed by atoms with Gasteiger partial charge in [-0.1, -0.05) is 25.1 Å². The summed E-state index contributed by atoms with van der Waals surface area (Å²) in [6.45, 7) is 5.11. The number of rotatable bonds is 7. The molecule has 1 aromatic heterocycles. The number of nitrogens with zero attached hydrogens (tertiary/aromatic N) is 1. The van der Waals surface area contributed by atoms with Crippen LogP contribution >= 0.6 is 0 Å². The van der Waals surface area contributed by atoms with E-state index in [0.717, 1.165) is 0 Å². The van der Waals surface area contributed by atoms with Gasteiger partial charge in [0.15, 0.2) is 11.4 Å². The van der Waals surface area contributed by atoms with E-state index in [1.54, 1.807) is 32.0 Å². The standard InChI is InChI=1S/C23H24N2O5/c1-4-14(2)29-20(26)13-24-23(28)21-22(27)18-11-10-17(12-19(18)15(3)25-21)30-16-8-6-5-7-9-16/h5-12,14,27H,4,13H2,1-3H3,(H,24,28). The summed E-state index contributed by atoms with van der Waals surface area (Å²) in [6, 6.07) is 14.5. The molecule has 2 N–H and O–H groups in total. The molecule has 0 aliphatic rings. The molecule has 0 aliphatic carbocycles. The van der Waals surface area contributed by atoms with Gasteiger partial charge in [-0.25, -0.2) is 4.98 Å². The predicted molar refractivity (Wildman–Crippen MR) is 113 cm³/mol. The molecule has 0 spiro atoms. The van der Waals surface area contributed by atoms with E-state index < -0.39 is 11.9 Å². The number of aromatic nitrogens is 1. The Morgan fingerprint density at radius 2 is 1.83 bits per heavy atom. The number of carbonyl (C=O) groups excluding carboxylic acids is 2. The Hall–Kier alpha value is -3.61. The molecule has 7 nitrogen and oxygen atoms in total. The summed E-state index contributed by atoms with van der Waals surface area (Å²) < 4.78 is 10.9. The fourth-order valence-corrected chi connectivity index (χ4v) is 2.87. The van der Waals surface area contributed by atoms with Crippen molar-refractivity contribution in [1.82, 2.24) is 10.3 Å². The van der Waals surface area contributed by atoms with Gasteiger partial charge in [0.1, 0.15) is 18.0 Å². The van der Waals surface area contributed by atoms with Crippen LogP contribution in [0.4, 0.5) is 0 Å². The fourth-order valence-electron chi connectivity index (χ4n) is 2.87. The number of nitrogens with one attached hydrogen (secondary N) is 1. The van der Waals surface area contributed by atoms with Crippen LogP contribution in [0.1, 0.15) is 36.5 Å². The Labute approximate surface area is 174 Å². The van der Waals surface area contributed by atoms with Crippen LogP contribution in [0.5, 0.6) is 17.2 Å². The Morgan fingerprint density at radius 1 is 1.10 bits per heavy atom. The first-order chi connectivity index (χ1) is 14.4. The second-order valence-electron chi connectivity index (χ2n) is 6.91. The number of aryl methyl sites for hydroxylation is 1. The van der Waals surface area contributed by atoms with Gasteiger partial charge >= 0.3 is 5.97 Å². The summed E-state index contributed by atoms with van der Waals surface area (Å²) >= 11 is 0. The van der Waals surface area contributed by atoms with Gasteiger partial charge in [-0.2, -0.15) is 0 Å². The topological polar surface area (TPSA) is 97.8 Å². The van der Waals surface area contributed by atoms with E-state index in [1.807, 2.05) is 37.3 Å². The van der Waals surface area contributed by atoms with Crippen molar-refractivity contribution in [2.24, 2.45) is 0 Å². The highest BCUT2D eigenvalue weighted by atomic mass is 16.5. The number of para-hydroxylation sites is 1. The summed E-state index contributed by atoms with van der Waals surface area (Å²) in [5.41, 5.74) is 0.404. The first-order valence-electron chi connectivity index (χ1n) is 9.73. The Morgan fingerprint density at radius 3 is 2.53 bits per heavy atom. The van der Waals surface area contributed by atoms with E-state index in [-0.39, 0.29) is 24.1 Å². The van der Waals surface area contributed by atoms with Gasteiger partial charge in [0.2, 0.25) is 0 Å². The third-order valence-corrected chi connectivity index (χ3v) is 4.63. The number of amides is 1. The highest BCUT2D eigenvalue weighted by Gasteiger charge is 2.19. The van der Waals surface area contributed by atoms with Crippen molar-refractivity contribution in [3.05, 3.63) is 59.9 Å². The van der Waals surface area contributed by atoms with Crippen molar-refractivity contribution in [1.29, 1.82) is 0 Å². The van der Waals surface area contributed by atoms with Crippen molar-refractivity contribution in [3.63, 3.8) is 0 Å². The van der Waals surface area contributed by atoms with E-state index in [1.165, 1.54) is 0 Å². The molecule has 0 saturated carbocycles. The Bertz CT molecular complexity index is 1070. The lowest BCUT2D eigenvalue weighted by molar-refractivity contribution is -0.147. The summed E-state index contributed by atoms with van der Waals surface area (Å²) in [4.78, 5) is 28.5. The smallest absolute Gasteiger partial charge is 0.325 e. The Balaban J connectivity index is 1.80. The molecule has 0 aliphatic heterocycles. The van der Waals surface area contributed by atoms with Gasteiger partial charge in [0.25, 0.3) is 5.91 Å². The first-order valence-corrected chi connectivity index (χ1v) is 9.73. The number of hydrogen-bond acceptors (Lipinski definition) is 6. The van der Waals surface area contributed by atoms with Crippen LogP contribution in [-0.2, 0) is 9.53 Å². The average Bonchev–Trinajstić information content (AvgIpc) is 2.75. The van der Waals surface area contributed by atoms with Crippen LogP contribution in [0.25, 0.3) is 10.8 Å². The molecule has 3 rings (SSSR count). The van der Waals surface area contributed by atoms with E-state index >= 15 is 0 Å². The maximum atomic E-state index is 12.5. The molecule has 0 saturated heterocycles. The van der Waals surface area contributed by atoms with Crippen LogP contribution < -0.4 is 10.1 Å². The van der Waals surface area contributed by atoms with Gasteiger partial charge in [-0.3, -0.25) is 9.59 Å². The lowest BCUT2D eigenvalue weighted by Gasteiger charge is -2.13. The van der Waals surface area contributed by atoms with Gasteiger partial charge in [-0.05, 0) is 50.6 Å². The van der Waals surface area contributed by atoms with Crippen LogP contribution in [0, 0.1) is 6.92 Å². The summed E-state index contributed by atoms with van der Waals surface area (Å²) in [7, 11) is 0. The number of esters is 1. The second kappa shape index (κ2) is 9.26. The largest absolute Gasteiger partial charge is 0.505 e. The maximum absolute atomic E-state index is 12.5. The van der Waals surface area contributed by atoms with Gasteiger partial charge < -0.3 is 19.9 Å². The summed E-state index contributed by atoms with van der Waals surface area (Å²) in [6.07, 6.45) is 0.457. The van der Waals surface area contributed by atoms with E-state index in [2.05, 4.69) is 10.3 Å². The number of hydrogen-bond donors (Lipinski definition) is 2. The predicted octanol–water partition coefficient (Wildman–Crippen LogP) is 4.11. The lowest BCUT2D eigenvalue weighted by Crippen LogP contribution is -2.32. The molecule has 0 fully saturated rings. The van der Waals surface area contributed by atoms with Crippen LogP contribution in [0.2, 0.25) is 0 Å². The van der Waals surface area contributed by atoms with Crippen LogP contribution in [0.15, 0.2) is 48.5 Å². The minimum atomic E-state index is -0.650. The van der Waals surface area contributed by atoms with Crippen molar-refractivity contribution < 1.29 is 24.2 Å². The molecule has 156 valence electrons. The van der Waals surface area contributed by atoms with Gasteiger partial charge in [0, 0.05) is 16.5 Å².